The normalized spacial score (nSPS) is 12.7. The third kappa shape index (κ3) is 4.81. The summed E-state index contributed by atoms with van der Waals surface area (Å²) in [6.45, 7) is 5.32. The fourth-order valence-corrected chi connectivity index (χ4v) is 3.31. The van der Waals surface area contributed by atoms with Crippen molar-refractivity contribution in [1.29, 1.82) is 0 Å². The Labute approximate surface area is 152 Å². The standard InChI is InChI=1S/C17H23FN4O3S/c1-5-13(3)22-16(9-12(2)20-22)19-17(23)11-21(26(4,24)25)15-8-6-7-14(18)10-15/h6-10,13H,5,11H2,1-4H3,(H,19,23). The van der Waals surface area contributed by atoms with Crippen LogP contribution in [0.2, 0.25) is 0 Å². The number of benzene rings is 1. The molecule has 0 bridgehead atoms. The molecule has 1 N–H and O–H groups in total. The highest BCUT2D eigenvalue weighted by molar-refractivity contribution is 7.92. The molecule has 142 valence electrons. The minimum Gasteiger partial charge on any atom is -0.309 e. The van der Waals surface area contributed by atoms with Crippen molar-refractivity contribution in [1.82, 2.24) is 9.78 Å². The van der Waals surface area contributed by atoms with Crippen molar-refractivity contribution in [3.63, 3.8) is 0 Å². The van der Waals surface area contributed by atoms with Crippen molar-refractivity contribution in [2.75, 3.05) is 22.4 Å². The van der Waals surface area contributed by atoms with Gasteiger partial charge in [0.15, 0.2) is 0 Å². The van der Waals surface area contributed by atoms with E-state index in [-0.39, 0.29) is 11.7 Å². The van der Waals surface area contributed by atoms with E-state index in [2.05, 4.69) is 10.4 Å². The summed E-state index contributed by atoms with van der Waals surface area (Å²) >= 11 is 0. The number of carbonyl (C=O) groups excluding carboxylic acids is 1. The summed E-state index contributed by atoms with van der Waals surface area (Å²) in [4.78, 5) is 12.4. The topological polar surface area (TPSA) is 84.3 Å². The number of nitrogens with one attached hydrogen (secondary N) is 1. The van der Waals surface area contributed by atoms with Gasteiger partial charge in [-0.25, -0.2) is 17.5 Å². The highest BCUT2D eigenvalue weighted by Gasteiger charge is 2.22. The van der Waals surface area contributed by atoms with Gasteiger partial charge in [0.1, 0.15) is 18.2 Å². The van der Waals surface area contributed by atoms with E-state index in [1.165, 1.54) is 18.2 Å². The van der Waals surface area contributed by atoms with E-state index in [1.54, 1.807) is 10.7 Å². The zero-order chi connectivity index (χ0) is 19.5. The Hall–Kier alpha value is -2.42. The number of nitrogens with zero attached hydrogens (tertiary/aromatic N) is 3. The van der Waals surface area contributed by atoms with Crippen LogP contribution >= 0.6 is 0 Å². The van der Waals surface area contributed by atoms with Crippen molar-refractivity contribution in [3.8, 4) is 0 Å². The number of sulfonamides is 1. The second-order valence-electron chi connectivity index (χ2n) is 6.17. The van der Waals surface area contributed by atoms with Crippen LogP contribution in [0.15, 0.2) is 30.3 Å². The van der Waals surface area contributed by atoms with E-state index >= 15 is 0 Å². The van der Waals surface area contributed by atoms with Gasteiger partial charge in [-0.15, -0.1) is 0 Å². The lowest BCUT2D eigenvalue weighted by Gasteiger charge is -2.22. The fourth-order valence-electron chi connectivity index (χ4n) is 2.46. The molecular weight excluding hydrogens is 359 g/mol. The van der Waals surface area contributed by atoms with E-state index < -0.39 is 28.3 Å². The molecule has 0 aliphatic heterocycles. The second-order valence-corrected chi connectivity index (χ2v) is 8.08. The second kappa shape index (κ2) is 7.86. The molecule has 1 unspecified atom stereocenters. The molecule has 1 atom stereocenters. The number of aromatic nitrogens is 2. The number of rotatable bonds is 7. The van der Waals surface area contributed by atoms with Crippen LogP contribution in [0.3, 0.4) is 0 Å². The number of carbonyl (C=O) groups is 1. The number of hydrogen-bond acceptors (Lipinski definition) is 4. The molecule has 0 saturated carbocycles. The molecule has 0 fully saturated rings. The molecule has 0 spiro atoms. The van der Waals surface area contributed by atoms with Gasteiger partial charge in [-0.1, -0.05) is 13.0 Å². The van der Waals surface area contributed by atoms with Gasteiger partial charge < -0.3 is 5.32 Å². The molecule has 1 heterocycles. The van der Waals surface area contributed by atoms with Gasteiger partial charge >= 0.3 is 0 Å². The van der Waals surface area contributed by atoms with Crippen molar-refractivity contribution in [2.24, 2.45) is 0 Å². The smallest absolute Gasteiger partial charge is 0.246 e. The lowest BCUT2D eigenvalue weighted by Crippen LogP contribution is -2.37. The van der Waals surface area contributed by atoms with Crippen molar-refractivity contribution >= 4 is 27.4 Å². The Bertz CT molecular complexity index is 895. The van der Waals surface area contributed by atoms with Crippen molar-refractivity contribution < 1.29 is 17.6 Å². The van der Waals surface area contributed by atoms with E-state index in [4.69, 9.17) is 0 Å². The minimum absolute atomic E-state index is 0.0771. The van der Waals surface area contributed by atoms with Crippen LogP contribution in [0.1, 0.15) is 32.0 Å². The van der Waals surface area contributed by atoms with Gasteiger partial charge in [-0.05, 0) is 38.5 Å². The van der Waals surface area contributed by atoms with Crippen LogP contribution in [-0.4, -0.2) is 36.9 Å². The summed E-state index contributed by atoms with van der Waals surface area (Å²) < 4.78 is 40.1. The van der Waals surface area contributed by atoms with Crippen LogP contribution in [0.5, 0.6) is 0 Å². The van der Waals surface area contributed by atoms with Crippen molar-refractivity contribution in [3.05, 3.63) is 41.8 Å². The molecule has 26 heavy (non-hydrogen) atoms. The molecule has 1 aromatic heterocycles. The largest absolute Gasteiger partial charge is 0.309 e. The van der Waals surface area contributed by atoms with Gasteiger partial charge in [0, 0.05) is 6.07 Å². The number of aryl methyl sites for hydroxylation is 1. The van der Waals surface area contributed by atoms with Gasteiger partial charge in [0.2, 0.25) is 15.9 Å². The first-order valence-corrected chi connectivity index (χ1v) is 10.1. The fraction of sp³-hybridized carbons (Fsp3) is 0.412. The Morgan fingerprint density at radius 3 is 2.65 bits per heavy atom. The van der Waals surface area contributed by atoms with E-state index in [1.807, 2.05) is 20.8 Å². The minimum atomic E-state index is -3.76. The Morgan fingerprint density at radius 1 is 1.38 bits per heavy atom. The van der Waals surface area contributed by atoms with Gasteiger partial charge in [0.05, 0.1) is 23.7 Å². The SMILES string of the molecule is CCC(C)n1nc(C)cc1NC(=O)CN(c1cccc(F)c1)S(C)(=O)=O. The lowest BCUT2D eigenvalue weighted by atomic mass is 10.3. The Balaban J connectivity index is 2.24. The number of hydrogen-bond donors (Lipinski definition) is 1. The quantitative estimate of drug-likeness (QED) is 0.798. The molecular formula is C17H23FN4O3S. The number of halogens is 1. The zero-order valence-corrected chi connectivity index (χ0v) is 16.0. The summed E-state index contributed by atoms with van der Waals surface area (Å²) in [5.74, 6) is -0.624. The zero-order valence-electron chi connectivity index (χ0n) is 15.2. The van der Waals surface area contributed by atoms with E-state index in [0.717, 1.165) is 28.7 Å². The maximum atomic E-state index is 13.4. The average Bonchev–Trinajstić information content (AvgIpc) is 2.91. The van der Waals surface area contributed by atoms with Crippen LogP contribution in [0, 0.1) is 12.7 Å². The molecule has 0 aliphatic carbocycles. The van der Waals surface area contributed by atoms with Crippen molar-refractivity contribution in [2.45, 2.75) is 33.2 Å². The van der Waals surface area contributed by atoms with Crippen LogP contribution in [-0.2, 0) is 14.8 Å². The predicted octanol–water partition coefficient (Wildman–Crippen LogP) is 2.71. The maximum Gasteiger partial charge on any atom is 0.246 e. The average molecular weight is 382 g/mol. The Kier molecular flexibility index (Phi) is 6.01. The molecule has 1 aromatic carbocycles. The monoisotopic (exact) mass is 382 g/mol. The molecule has 2 aromatic rings. The first-order valence-electron chi connectivity index (χ1n) is 8.21. The van der Waals surface area contributed by atoms with E-state index in [0.29, 0.717) is 5.82 Å². The van der Waals surface area contributed by atoms with Crippen LogP contribution in [0.4, 0.5) is 15.9 Å². The lowest BCUT2D eigenvalue weighted by molar-refractivity contribution is -0.114. The summed E-state index contributed by atoms with van der Waals surface area (Å²) in [7, 11) is -3.76. The number of amides is 1. The highest BCUT2D eigenvalue weighted by Crippen LogP contribution is 2.21. The van der Waals surface area contributed by atoms with Crippen LogP contribution < -0.4 is 9.62 Å². The summed E-state index contributed by atoms with van der Waals surface area (Å²) in [6, 6.07) is 6.90. The third-order valence-corrected chi connectivity index (χ3v) is 5.06. The maximum absolute atomic E-state index is 13.4. The van der Waals surface area contributed by atoms with Gasteiger partial charge in [-0.2, -0.15) is 5.10 Å². The molecule has 0 aliphatic rings. The first-order chi connectivity index (χ1) is 12.1. The third-order valence-electron chi connectivity index (χ3n) is 3.92. The Morgan fingerprint density at radius 2 is 2.08 bits per heavy atom. The van der Waals surface area contributed by atoms with Gasteiger partial charge in [0.25, 0.3) is 0 Å². The molecule has 1 amide bonds. The van der Waals surface area contributed by atoms with Crippen LogP contribution in [0.25, 0.3) is 0 Å². The number of anilines is 2. The molecule has 7 nitrogen and oxygen atoms in total. The summed E-state index contributed by atoms with van der Waals surface area (Å²) in [6.07, 6.45) is 1.79. The molecule has 2 rings (SSSR count). The van der Waals surface area contributed by atoms with E-state index in [9.17, 15) is 17.6 Å². The summed E-state index contributed by atoms with van der Waals surface area (Å²) in [5.41, 5.74) is 0.833. The molecule has 0 radical (unpaired) electrons. The molecule has 0 saturated heterocycles. The molecule has 9 heteroatoms. The highest BCUT2D eigenvalue weighted by atomic mass is 32.2. The predicted molar refractivity (Wildman–Crippen MR) is 99.2 cm³/mol. The van der Waals surface area contributed by atoms with Gasteiger partial charge in [-0.3, -0.25) is 9.10 Å². The first kappa shape index (κ1) is 19.9. The summed E-state index contributed by atoms with van der Waals surface area (Å²) in [5, 5.41) is 7.05.